The molecule has 2 heterocycles. The molecule has 0 aliphatic carbocycles. The maximum Gasteiger partial charge on any atom is 0.410 e. The zero-order chi connectivity index (χ0) is 20.1. The molecule has 1 amide bonds. The van der Waals surface area contributed by atoms with Crippen LogP contribution in [0.5, 0.6) is 0 Å². The number of amides is 1. The third-order valence-electron chi connectivity index (χ3n) is 5.14. The molecule has 0 saturated carbocycles. The fourth-order valence-corrected chi connectivity index (χ4v) is 3.34. The first-order valence-electron chi connectivity index (χ1n) is 9.86. The Morgan fingerprint density at radius 3 is 2.50 bits per heavy atom. The molecule has 150 valence electrons. The van der Waals surface area contributed by atoms with E-state index < -0.39 is 0 Å². The SMILES string of the molecule is CN(C(=O)OCc1ccccc1)C1CCN(c2ccnc(C(C)(C)C)n2)CC1. The highest BCUT2D eigenvalue weighted by Gasteiger charge is 2.27. The van der Waals surface area contributed by atoms with E-state index in [1.165, 1.54) is 0 Å². The molecule has 6 heteroatoms. The summed E-state index contributed by atoms with van der Waals surface area (Å²) in [6.45, 7) is 8.39. The fourth-order valence-electron chi connectivity index (χ4n) is 3.34. The Balaban J connectivity index is 1.52. The van der Waals surface area contributed by atoms with Crippen LogP contribution < -0.4 is 4.90 Å². The monoisotopic (exact) mass is 382 g/mol. The molecule has 2 aromatic rings. The van der Waals surface area contributed by atoms with Gasteiger partial charge in [-0.25, -0.2) is 14.8 Å². The quantitative estimate of drug-likeness (QED) is 0.800. The van der Waals surface area contributed by atoms with E-state index in [9.17, 15) is 4.79 Å². The number of aromatic nitrogens is 2. The van der Waals surface area contributed by atoms with Crippen LogP contribution in [0.3, 0.4) is 0 Å². The average Bonchev–Trinajstić information content (AvgIpc) is 2.72. The van der Waals surface area contributed by atoms with Gasteiger partial charge in [0.1, 0.15) is 18.2 Å². The molecule has 1 saturated heterocycles. The molecule has 1 aromatic carbocycles. The number of carbonyl (C=O) groups is 1. The van der Waals surface area contributed by atoms with Crippen LogP contribution in [0.1, 0.15) is 45.0 Å². The zero-order valence-corrected chi connectivity index (χ0v) is 17.3. The number of nitrogens with zero attached hydrogens (tertiary/aromatic N) is 4. The molecule has 6 nitrogen and oxygen atoms in total. The lowest BCUT2D eigenvalue weighted by Gasteiger charge is -2.37. The van der Waals surface area contributed by atoms with Gasteiger partial charge in [0.25, 0.3) is 0 Å². The molecular weight excluding hydrogens is 352 g/mol. The Bertz CT molecular complexity index is 781. The van der Waals surface area contributed by atoms with E-state index in [0.29, 0.717) is 6.61 Å². The zero-order valence-electron chi connectivity index (χ0n) is 17.3. The summed E-state index contributed by atoms with van der Waals surface area (Å²) in [6, 6.07) is 11.9. The van der Waals surface area contributed by atoms with Gasteiger partial charge in [0.2, 0.25) is 0 Å². The van der Waals surface area contributed by atoms with E-state index >= 15 is 0 Å². The second-order valence-electron chi connectivity index (χ2n) is 8.36. The summed E-state index contributed by atoms with van der Waals surface area (Å²) in [6.07, 6.45) is 3.36. The Morgan fingerprint density at radius 1 is 1.18 bits per heavy atom. The van der Waals surface area contributed by atoms with Gasteiger partial charge in [-0.2, -0.15) is 0 Å². The molecular formula is C22H30N4O2. The first-order valence-corrected chi connectivity index (χ1v) is 9.86. The van der Waals surface area contributed by atoms with Crippen LogP contribution in [0, 0.1) is 0 Å². The summed E-state index contributed by atoms with van der Waals surface area (Å²) < 4.78 is 5.46. The second-order valence-corrected chi connectivity index (χ2v) is 8.36. The minimum absolute atomic E-state index is 0.0724. The summed E-state index contributed by atoms with van der Waals surface area (Å²) in [5.74, 6) is 1.82. The normalized spacial score (nSPS) is 15.4. The van der Waals surface area contributed by atoms with Crippen molar-refractivity contribution in [2.45, 2.75) is 51.7 Å². The van der Waals surface area contributed by atoms with Crippen molar-refractivity contribution in [3.05, 3.63) is 54.0 Å². The smallest absolute Gasteiger partial charge is 0.410 e. The van der Waals surface area contributed by atoms with Crippen molar-refractivity contribution in [1.29, 1.82) is 0 Å². The minimum atomic E-state index is -0.264. The van der Waals surface area contributed by atoms with Gasteiger partial charge in [0, 0.05) is 37.8 Å². The van der Waals surface area contributed by atoms with Crippen LogP contribution >= 0.6 is 0 Å². The lowest BCUT2D eigenvalue weighted by Crippen LogP contribution is -2.46. The number of hydrogen-bond donors (Lipinski definition) is 0. The predicted octanol–water partition coefficient (Wildman–Crippen LogP) is 4.01. The third kappa shape index (κ3) is 5.00. The lowest BCUT2D eigenvalue weighted by molar-refractivity contribution is 0.0862. The summed E-state index contributed by atoms with van der Waals surface area (Å²) in [7, 11) is 1.83. The van der Waals surface area contributed by atoms with Gasteiger partial charge in [-0.1, -0.05) is 51.1 Å². The largest absolute Gasteiger partial charge is 0.445 e. The average molecular weight is 383 g/mol. The maximum absolute atomic E-state index is 12.4. The highest BCUT2D eigenvalue weighted by Crippen LogP contribution is 2.24. The van der Waals surface area contributed by atoms with Crippen molar-refractivity contribution in [2.75, 3.05) is 25.0 Å². The number of anilines is 1. The third-order valence-corrected chi connectivity index (χ3v) is 5.14. The minimum Gasteiger partial charge on any atom is -0.445 e. The molecule has 28 heavy (non-hydrogen) atoms. The van der Waals surface area contributed by atoms with E-state index in [4.69, 9.17) is 9.72 Å². The summed E-state index contributed by atoms with van der Waals surface area (Å²) >= 11 is 0. The first kappa shape index (κ1) is 20.1. The Kier molecular flexibility index (Phi) is 6.17. The molecule has 0 atom stereocenters. The van der Waals surface area contributed by atoms with Crippen molar-refractivity contribution >= 4 is 11.9 Å². The Hall–Kier alpha value is -2.63. The van der Waals surface area contributed by atoms with Gasteiger partial charge in [-0.15, -0.1) is 0 Å². The molecule has 1 aliphatic heterocycles. The molecule has 1 aliphatic rings. The lowest BCUT2D eigenvalue weighted by atomic mass is 9.96. The molecule has 0 N–H and O–H groups in total. The van der Waals surface area contributed by atoms with Gasteiger partial charge in [0.15, 0.2) is 0 Å². The van der Waals surface area contributed by atoms with E-state index in [-0.39, 0.29) is 17.6 Å². The van der Waals surface area contributed by atoms with Crippen LogP contribution in [-0.4, -0.2) is 47.1 Å². The van der Waals surface area contributed by atoms with Crippen molar-refractivity contribution < 1.29 is 9.53 Å². The predicted molar refractivity (Wildman–Crippen MR) is 110 cm³/mol. The van der Waals surface area contributed by atoms with Crippen LogP contribution in [0.25, 0.3) is 0 Å². The van der Waals surface area contributed by atoms with E-state index in [1.807, 2.05) is 49.6 Å². The van der Waals surface area contributed by atoms with Crippen molar-refractivity contribution in [3.63, 3.8) is 0 Å². The van der Waals surface area contributed by atoms with Crippen LogP contribution in [0.15, 0.2) is 42.6 Å². The number of hydrogen-bond acceptors (Lipinski definition) is 5. The summed E-state index contributed by atoms with van der Waals surface area (Å²) in [5, 5.41) is 0. The molecule has 1 fully saturated rings. The molecule has 0 unspecified atom stereocenters. The first-order chi connectivity index (χ1) is 13.3. The van der Waals surface area contributed by atoms with Crippen molar-refractivity contribution in [1.82, 2.24) is 14.9 Å². The Labute approximate surface area is 167 Å². The standard InChI is InChI=1S/C22H30N4O2/c1-22(2,3)20-23-13-10-19(24-20)26-14-11-18(12-15-26)25(4)21(27)28-16-17-8-6-5-7-9-17/h5-10,13,18H,11-12,14-16H2,1-4H3. The topological polar surface area (TPSA) is 58.6 Å². The number of carbonyl (C=O) groups excluding carboxylic acids is 1. The van der Waals surface area contributed by atoms with Gasteiger partial charge >= 0.3 is 6.09 Å². The Morgan fingerprint density at radius 2 is 1.86 bits per heavy atom. The van der Waals surface area contributed by atoms with E-state index in [1.54, 1.807) is 4.90 Å². The van der Waals surface area contributed by atoms with Gasteiger partial charge in [-0.3, -0.25) is 0 Å². The number of rotatable bonds is 4. The molecule has 1 aromatic heterocycles. The maximum atomic E-state index is 12.4. The van der Waals surface area contributed by atoms with Crippen LogP contribution in [0.2, 0.25) is 0 Å². The van der Waals surface area contributed by atoms with Gasteiger partial charge in [0.05, 0.1) is 0 Å². The number of piperidine rings is 1. The molecule has 3 rings (SSSR count). The van der Waals surface area contributed by atoms with Gasteiger partial charge in [-0.05, 0) is 24.5 Å². The van der Waals surface area contributed by atoms with E-state index in [2.05, 4.69) is 30.7 Å². The van der Waals surface area contributed by atoms with Gasteiger partial charge < -0.3 is 14.5 Å². The fraction of sp³-hybridized carbons (Fsp3) is 0.500. The highest BCUT2D eigenvalue weighted by atomic mass is 16.6. The van der Waals surface area contributed by atoms with E-state index in [0.717, 1.165) is 43.1 Å². The van der Waals surface area contributed by atoms with Crippen LogP contribution in [0.4, 0.5) is 10.6 Å². The van der Waals surface area contributed by atoms with Crippen molar-refractivity contribution in [3.8, 4) is 0 Å². The highest BCUT2D eigenvalue weighted by molar-refractivity contribution is 5.67. The summed E-state index contributed by atoms with van der Waals surface area (Å²) in [4.78, 5) is 25.6. The number of benzene rings is 1. The molecule has 0 spiro atoms. The molecule has 0 radical (unpaired) electrons. The summed E-state index contributed by atoms with van der Waals surface area (Å²) in [5.41, 5.74) is 0.925. The van der Waals surface area contributed by atoms with Crippen LogP contribution in [-0.2, 0) is 16.8 Å². The van der Waals surface area contributed by atoms with Crippen molar-refractivity contribution in [2.24, 2.45) is 0 Å². The molecule has 0 bridgehead atoms. The second kappa shape index (κ2) is 8.59. The number of ether oxygens (including phenoxy) is 1.